The van der Waals surface area contributed by atoms with Crippen LogP contribution in [0, 0.1) is 0 Å². The Morgan fingerprint density at radius 1 is 0.250 bits per heavy atom. The monoisotopic (exact) mass is 456 g/mol. The van der Waals surface area contributed by atoms with E-state index in [-0.39, 0.29) is 0 Å². The minimum atomic E-state index is 1.23. The van der Waals surface area contributed by atoms with Crippen LogP contribution >= 0.6 is 0 Å². The SMILES string of the molecule is c1ccc(-c2ccc3ccccc3c2-c2ccccc2-c2cccc3c2ccc2ccccc23)cc1. The molecule has 0 nitrogen and oxygen atoms in total. The zero-order valence-electron chi connectivity index (χ0n) is 19.9. The molecule has 0 bridgehead atoms. The van der Waals surface area contributed by atoms with Crippen LogP contribution in [0.1, 0.15) is 0 Å². The molecule has 0 radical (unpaired) electrons. The number of hydrogen-bond donors (Lipinski definition) is 0. The summed E-state index contributed by atoms with van der Waals surface area (Å²) in [5.74, 6) is 0. The van der Waals surface area contributed by atoms with Crippen LogP contribution in [-0.4, -0.2) is 0 Å². The van der Waals surface area contributed by atoms with Crippen molar-refractivity contribution in [2.75, 3.05) is 0 Å². The Morgan fingerprint density at radius 2 is 0.833 bits per heavy atom. The average molecular weight is 457 g/mol. The highest BCUT2D eigenvalue weighted by Gasteiger charge is 2.17. The zero-order chi connectivity index (χ0) is 23.9. The summed E-state index contributed by atoms with van der Waals surface area (Å²) < 4.78 is 0. The second kappa shape index (κ2) is 8.52. The molecule has 7 rings (SSSR count). The molecule has 0 atom stereocenters. The van der Waals surface area contributed by atoms with E-state index in [0.29, 0.717) is 0 Å². The average Bonchev–Trinajstić information content (AvgIpc) is 2.96. The normalized spacial score (nSPS) is 11.3. The van der Waals surface area contributed by atoms with E-state index in [0.717, 1.165) is 0 Å². The topological polar surface area (TPSA) is 0 Å². The van der Waals surface area contributed by atoms with Crippen LogP contribution in [0.15, 0.2) is 146 Å². The molecule has 0 fully saturated rings. The minimum absolute atomic E-state index is 1.23. The van der Waals surface area contributed by atoms with Gasteiger partial charge in [-0.15, -0.1) is 0 Å². The molecule has 0 spiro atoms. The maximum atomic E-state index is 2.28. The first-order chi connectivity index (χ1) is 17.9. The summed E-state index contributed by atoms with van der Waals surface area (Å²) in [7, 11) is 0. The predicted octanol–water partition coefficient (Wildman–Crippen LogP) is 10.1. The Labute approximate surface area is 211 Å². The molecule has 0 aromatic heterocycles. The first kappa shape index (κ1) is 20.7. The number of benzene rings is 7. The number of rotatable bonds is 3. The van der Waals surface area contributed by atoms with E-state index in [1.165, 1.54) is 65.7 Å². The molecule has 0 heterocycles. The van der Waals surface area contributed by atoms with E-state index >= 15 is 0 Å². The Kier molecular flexibility index (Phi) is 4.89. The summed E-state index contributed by atoms with van der Waals surface area (Å²) in [6, 6.07) is 52.8. The first-order valence-electron chi connectivity index (χ1n) is 12.5. The van der Waals surface area contributed by atoms with E-state index in [1.54, 1.807) is 0 Å². The van der Waals surface area contributed by atoms with Gasteiger partial charge in [-0.05, 0) is 65.7 Å². The molecule has 7 aromatic rings. The molecular formula is C36H24. The van der Waals surface area contributed by atoms with Crippen molar-refractivity contribution in [3.05, 3.63) is 146 Å². The summed E-state index contributed by atoms with van der Waals surface area (Å²) in [4.78, 5) is 0. The van der Waals surface area contributed by atoms with Gasteiger partial charge in [-0.2, -0.15) is 0 Å². The molecule has 0 aliphatic rings. The Morgan fingerprint density at radius 3 is 1.67 bits per heavy atom. The van der Waals surface area contributed by atoms with Crippen molar-refractivity contribution in [1.29, 1.82) is 0 Å². The van der Waals surface area contributed by atoms with Crippen molar-refractivity contribution in [2.45, 2.75) is 0 Å². The Balaban J connectivity index is 1.57. The molecule has 0 aliphatic heterocycles. The lowest BCUT2D eigenvalue weighted by molar-refractivity contribution is 1.60. The highest BCUT2D eigenvalue weighted by Crippen LogP contribution is 2.44. The number of fused-ring (bicyclic) bond motifs is 4. The van der Waals surface area contributed by atoms with Gasteiger partial charge >= 0.3 is 0 Å². The summed E-state index contributed by atoms with van der Waals surface area (Å²) in [6.45, 7) is 0. The molecule has 168 valence electrons. The van der Waals surface area contributed by atoms with Crippen LogP contribution < -0.4 is 0 Å². The van der Waals surface area contributed by atoms with Gasteiger partial charge in [-0.3, -0.25) is 0 Å². The fourth-order valence-electron chi connectivity index (χ4n) is 5.63. The molecule has 0 N–H and O–H groups in total. The molecular weight excluding hydrogens is 432 g/mol. The second-order valence-electron chi connectivity index (χ2n) is 9.31. The van der Waals surface area contributed by atoms with Crippen molar-refractivity contribution < 1.29 is 0 Å². The van der Waals surface area contributed by atoms with Crippen molar-refractivity contribution in [1.82, 2.24) is 0 Å². The van der Waals surface area contributed by atoms with Gasteiger partial charge in [0.1, 0.15) is 0 Å². The lowest BCUT2D eigenvalue weighted by atomic mass is 9.85. The van der Waals surface area contributed by atoms with Crippen LogP contribution in [0.3, 0.4) is 0 Å². The van der Waals surface area contributed by atoms with E-state index in [9.17, 15) is 0 Å². The maximum Gasteiger partial charge on any atom is -0.00206 e. The lowest BCUT2D eigenvalue weighted by Gasteiger charge is -2.19. The predicted molar refractivity (Wildman–Crippen MR) is 155 cm³/mol. The van der Waals surface area contributed by atoms with Crippen LogP contribution in [0.2, 0.25) is 0 Å². The van der Waals surface area contributed by atoms with Gasteiger partial charge in [0.25, 0.3) is 0 Å². The molecule has 0 aliphatic carbocycles. The molecule has 0 unspecified atom stereocenters. The fraction of sp³-hybridized carbons (Fsp3) is 0. The third-order valence-electron chi connectivity index (χ3n) is 7.29. The van der Waals surface area contributed by atoms with Crippen molar-refractivity contribution in [2.24, 2.45) is 0 Å². The third kappa shape index (κ3) is 3.31. The molecule has 7 aromatic carbocycles. The summed E-state index contributed by atoms with van der Waals surface area (Å²) in [5.41, 5.74) is 7.55. The largest absolute Gasteiger partial charge is 0.0622 e. The summed E-state index contributed by atoms with van der Waals surface area (Å²) >= 11 is 0. The zero-order valence-corrected chi connectivity index (χ0v) is 19.9. The first-order valence-corrected chi connectivity index (χ1v) is 12.5. The van der Waals surface area contributed by atoms with Crippen LogP contribution in [0.25, 0.3) is 65.7 Å². The van der Waals surface area contributed by atoms with Gasteiger partial charge in [0.2, 0.25) is 0 Å². The van der Waals surface area contributed by atoms with Gasteiger partial charge in [0.05, 0.1) is 0 Å². The lowest BCUT2D eigenvalue weighted by Crippen LogP contribution is -1.92. The molecule has 0 amide bonds. The fourth-order valence-corrected chi connectivity index (χ4v) is 5.63. The Hall–Kier alpha value is -4.68. The van der Waals surface area contributed by atoms with E-state index in [4.69, 9.17) is 0 Å². The third-order valence-corrected chi connectivity index (χ3v) is 7.29. The quantitative estimate of drug-likeness (QED) is 0.232. The summed E-state index contributed by atoms with van der Waals surface area (Å²) in [5, 5.41) is 7.68. The van der Waals surface area contributed by atoms with Gasteiger partial charge in [0, 0.05) is 0 Å². The van der Waals surface area contributed by atoms with Crippen molar-refractivity contribution in [3.63, 3.8) is 0 Å². The highest BCUT2D eigenvalue weighted by atomic mass is 14.2. The van der Waals surface area contributed by atoms with Crippen LogP contribution in [0.4, 0.5) is 0 Å². The highest BCUT2D eigenvalue weighted by molar-refractivity contribution is 6.14. The molecule has 36 heavy (non-hydrogen) atoms. The molecule has 0 heteroatoms. The minimum Gasteiger partial charge on any atom is -0.0622 e. The van der Waals surface area contributed by atoms with Gasteiger partial charge in [0.15, 0.2) is 0 Å². The summed E-state index contributed by atoms with van der Waals surface area (Å²) in [6.07, 6.45) is 0. The van der Waals surface area contributed by atoms with Crippen molar-refractivity contribution >= 4 is 32.3 Å². The maximum absolute atomic E-state index is 2.28. The van der Waals surface area contributed by atoms with Crippen LogP contribution in [-0.2, 0) is 0 Å². The molecule has 0 saturated heterocycles. The van der Waals surface area contributed by atoms with E-state index in [2.05, 4.69) is 146 Å². The van der Waals surface area contributed by atoms with Gasteiger partial charge in [-0.1, -0.05) is 146 Å². The van der Waals surface area contributed by atoms with E-state index < -0.39 is 0 Å². The van der Waals surface area contributed by atoms with Gasteiger partial charge < -0.3 is 0 Å². The number of hydrogen-bond acceptors (Lipinski definition) is 0. The van der Waals surface area contributed by atoms with Crippen LogP contribution in [0.5, 0.6) is 0 Å². The second-order valence-corrected chi connectivity index (χ2v) is 9.31. The smallest absolute Gasteiger partial charge is 0.00206 e. The van der Waals surface area contributed by atoms with Gasteiger partial charge in [-0.25, -0.2) is 0 Å². The molecule has 0 saturated carbocycles. The standard InChI is InChI=1S/C36H24/c1-2-11-25(12-3-1)30-23-21-27-14-5-7-16-29(27)36(30)35-18-9-8-17-33(35)32-20-10-19-31-28-15-6-4-13-26(28)22-24-34(31)32/h1-24H. The Bertz CT molecular complexity index is 1880. The van der Waals surface area contributed by atoms with E-state index in [1.807, 2.05) is 0 Å². The van der Waals surface area contributed by atoms with Crippen molar-refractivity contribution in [3.8, 4) is 33.4 Å².